The Labute approximate surface area is 433 Å². The van der Waals surface area contributed by atoms with Crippen LogP contribution in [0.15, 0.2) is 115 Å². The molecule has 3 aromatic carbocycles. The number of aromatic hydroxyl groups is 3. The number of ketones is 2. The standard InChI is InChI=1S/C61H70N4O9/c1-37-10-7-8-22-61(37)23-19-47(74-38(2)66)31-46(68)32-53(42-28-56(71)60(72)57(29-42)73-3)65-36-50-51(16-15-48-55(70)18-17-52(65)59(48)50)64(25-21-54(69)39-11-5-4-6-12-39)58-30-41(20-24-63-58)49(40-13-9-14-45(67)26-40)27-43-34-62-35-44(43)33-61/h7-10,13-16,20,22,26,28-30,34-37,39,47,49,53,55,62-63,67,70-72H,4-6,11-12,17-19,21,23-25,27,31-33H2,1-3H3. The third-order valence-electron chi connectivity index (χ3n) is 16.8. The maximum atomic E-state index is 14.9. The van der Waals surface area contributed by atoms with Gasteiger partial charge in [-0.3, -0.25) is 14.4 Å². The van der Waals surface area contributed by atoms with Crippen molar-refractivity contribution in [3.05, 3.63) is 148 Å². The Balaban J connectivity index is 1.18. The normalized spacial score (nSPS) is 24.7. The summed E-state index contributed by atoms with van der Waals surface area (Å²) in [7, 11) is 1.41. The molecular weight excluding hydrogens is 933 g/mol. The van der Waals surface area contributed by atoms with E-state index >= 15 is 0 Å². The van der Waals surface area contributed by atoms with Crippen LogP contribution in [0.3, 0.4) is 0 Å². The molecule has 0 radical (unpaired) electrons. The number of esters is 1. The topological polar surface area (TPSA) is 187 Å². The number of phenolic OH excluding ortho intramolecular Hbond substituents is 3. The number of carbonyl (C=O) groups is 3. The fraction of sp³-hybridized carbons (Fsp3) is 0.426. The van der Waals surface area contributed by atoms with Crippen molar-refractivity contribution in [3.63, 3.8) is 0 Å². The molecule has 0 saturated heterocycles. The highest BCUT2D eigenvalue weighted by Crippen LogP contribution is 2.48. The first-order valence-electron chi connectivity index (χ1n) is 26.7. The number of aryl methyl sites for hydroxylation is 1. The van der Waals surface area contributed by atoms with Gasteiger partial charge in [0.25, 0.3) is 0 Å². The summed E-state index contributed by atoms with van der Waals surface area (Å²) in [6, 6.07) is 13.9. The number of allylic oxidation sites excluding steroid dienone is 6. The van der Waals surface area contributed by atoms with Crippen LogP contribution in [-0.2, 0) is 38.4 Å². The summed E-state index contributed by atoms with van der Waals surface area (Å²) in [5, 5.41) is 50.1. The second-order valence-electron chi connectivity index (χ2n) is 21.4. The van der Waals surface area contributed by atoms with Crippen LogP contribution in [-0.4, -0.2) is 73.8 Å². The van der Waals surface area contributed by atoms with Gasteiger partial charge in [0, 0.05) is 86.2 Å². The van der Waals surface area contributed by atoms with Crippen molar-refractivity contribution in [1.29, 1.82) is 0 Å². The van der Waals surface area contributed by atoms with Crippen molar-refractivity contribution < 1.29 is 44.3 Å². The van der Waals surface area contributed by atoms with Gasteiger partial charge in [-0.15, -0.1) is 0 Å². The Morgan fingerprint density at radius 2 is 1.74 bits per heavy atom. The average molecular weight is 1000 g/mol. The number of Topliss-reactive ketones (excluding diaryl/α,β-unsaturated/α-hetero) is 2. The van der Waals surface area contributed by atoms with Gasteiger partial charge in [0.2, 0.25) is 5.75 Å². The summed E-state index contributed by atoms with van der Waals surface area (Å²) < 4.78 is 13.7. The number of anilines is 1. The smallest absolute Gasteiger partial charge is 0.302 e. The second-order valence-corrected chi connectivity index (χ2v) is 21.4. The number of ether oxygens (including phenoxy) is 2. The molecule has 0 amide bonds. The number of methoxy groups -OCH3 is 1. The zero-order chi connectivity index (χ0) is 51.7. The number of rotatable bonds is 8. The van der Waals surface area contributed by atoms with E-state index in [2.05, 4.69) is 81.6 Å². The van der Waals surface area contributed by atoms with Crippen molar-refractivity contribution in [2.75, 3.05) is 25.1 Å². The lowest BCUT2D eigenvalue weighted by Crippen LogP contribution is -2.36. The molecule has 5 aromatic rings. The fourth-order valence-electron chi connectivity index (χ4n) is 12.8. The molecule has 13 heteroatoms. The molecule has 2 aromatic heterocycles. The SMILES string of the molecule is COc1cc(C2CC(=O)CC(OC(C)=O)CCC3(C=CC=CC3C)Cc3c[nH]cc3CC(c3cccc(O)c3)C3=CCNC(=C3)N(CCC(=O)C3CCCCC3)c3ccc4c5c(n2cc35)CCC4O)cc(O)c1O. The van der Waals surface area contributed by atoms with Gasteiger partial charge in [-0.1, -0.05) is 74.8 Å². The van der Waals surface area contributed by atoms with E-state index < -0.39 is 41.1 Å². The van der Waals surface area contributed by atoms with E-state index in [0.717, 1.165) is 87.9 Å². The Morgan fingerprint density at radius 1 is 0.919 bits per heavy atom. The summed E-state index contributed by atoms with van der Waals surface area (Å²) in [6.45, 7) is 4.47. The molecule has 6 atom stereocenters. The first kappa shape index (κ1) is 50.5. The largest absolute Gasteiger partial charge is 0.508 e. The number of hydrogen-bond acceptors (Lipinski definition) is 11. The second kappa shape index (κ2) is 21.5. The van der Waals surface area contributed by atoms with Crippen molar-refractivity contribution in [2.24, 2.45) is 17.3 Å². The molecule has 2 aliphatic heterocycles. The third-order valence-corrected chi connectivity index (χ3v) is 16.8. The van der Waals surface area contributed by atoms with Crippen LogP contribution in [0.5, 0.6) is 23.0 Å². The maximum absolute atomic E-state index is 14.9. The predicted octanol–water partition coefficient (Wildman–Crippen LogP) is 10.8. The molecule has 74 heavy (non-hydrogen) atoms. The minimum absolute atomic E-state index is 0.0200. The molecule has 1 saturated carbocycles. The number of carbonyl (C=O) groups excluding carboxylic acids is 3. The van der Waals surface area contributed by atoms with Crippen LogP contribution in [0.1, 0.15) is 136 Å². The molecule has 5 aliphatic rings. The first-order chi connectivity index (χ1) is 35.8. The van der Waals surface area contributed by atoms with Crippen LogP contribution < -0.4 is 15.0 Å². The lowest BCUT2D eigenvalue weighted by molar-refractivity contribution is -0.148. The molecule has 1 fully saturated rings. The molecule has 3 aliphatic carbocycles. The number of nitrogens with one attached hydrogen (secondary N) is 2. The van der Waals surface area contributed by atoms with E-state index in [0.29, 0.717) is 63.6 Å². The number of aliphatic hydroxyl groups is 1. The maximum Gasteiger partial charge on any atom is 0.302 e. The van der Waals surface area contributed by atoms with Crippen molar-refractivity contribution >= 4 is 34.0 Å². The predicted molar refractivity (Wildman–Crippen MR) is 285 cm³/mol. The molecule has 6 N–H and O–H groups in total. The van der Waals surface area contributed by atoms with E-state index in [4.69, 9.17) is 9.47 Å². The van der Waals surface area contributed by atoms with Gasteiger partial charge < -0.3 is 49.7 Å². The van der Waals surface area contributed by atoms with Crippen molar-refractivity contribution in [2.45, 2.75) is 128 Å². The minimum atomic E-state index is -0.749. The summed E-state index contributed by atoms with van der Waals surface area (Å²) in [6.07, 6.45) is 26.3. The van der Waals surface area contributed by atoms with Gasteiger partial charge in [-0.05, 0) is 132 Å². The summed E-state index contributed by atoms with van der Waals surface area (Å²) in [4.78, 5) is 47.7. The van der Waals surface area contributed by atoms with E-state index in [1.165, 1.54) is 20.1 Å². The van der Waals surface area contributed by atoms with Gasteiger partial charge in [-0.25, -0.2) is 0 Å². The molecular formula is C61H70N4O9. The number of aromatic amines is 1. The van der Waals surface area contributed by atoms with Crippen molar-refractivity contribution in [3.8, 4) is 23.0 Å². The van der Waals surface area contributed by atoms with Crippen LogP contribution in [0.25, 0.3) is 10.8 Å². The first-order valence-corrected chi connectivity index (χ1v) is 26.7. The summed E-state index contributed by atoms with van der Waals surface area (Å²) in [5.74, 6) is -0.213. The zero-order valence-electron chi connectivity index (χ0n) is 42.8. The number of hydrogen-bond donors (Lipinski definition) is 6. The number of dihydropyridines is 1. The number of fused-ring (bicyclic) bond motifs is 4. The number of aliphatic hydroxyl groups excluding tert-OH is 1. The number of aromatic nitrogens is 2. The van der Waals surface area contributed by atoms with E-state index in [1.807, 2.05) is 30.5 Å². The van der Waals surface area contributed by atoms with Gasteiger partial charge >= 0.3 is 5.97 Å². The summed E-state index contributed by atoms with van der Waals surface area (Å²) in [5.41, 5.74) is 6.91. The molecule has 10 rings (SSSR count). The molecule has 4 bridgehead atoms. The highest BCUT2D eigenvalue weighted by atomic mass is 16.5. The van der Waals surface area contributed by atoms with Crippen molar-refractivity contribution in [1.82, 2.24) is 14.9 Å². The average Bonchev–Trinajstić information content (AvgIpc) is 4.01. The number of H-pyrrole nitrogens is 1. The fourth-order valence-corrected chi connectivity index (χ4v) is 12.8. The number of phenols is 3. The van der Waals surface area contributed by atoms with Crippen LogP contribution >= 0.6 is 0 Å². The summed E-state index contributed by atoms with van der Waals surface area (Å²) >= 11 is 0. The highest BCUT2D eigenvalue weighted by Gasteiger charge is 2.38. The Hall–Kier alpha value is -6.99. The molecule has 1 spiro atoms. The van der Waals surface area contributed by atoms with Crippen LogP contribution in [0.2, 0.25) is 0 Å². The molecule has 388 valence electrons. The molecule has 13 nitrogen and oxygen atoms in total. The lowest BCUT2D eigenvalue weighted by atomic mass is 9.66. The molecule has 6 unspecified atom stereocenters. The molecule has 4 heterocycles. The van der Waals surface area contributed by atoms with E-state index in [-0.39, 0.29) is 53.7 Å². The lowest BCUT2D eigenvalue weighted by Gasteiger charge is -2.38. The zero-order valence-corrected chi connectivity index (χ0v) is 42.8. The van der Waals surface area contributed by atoms with Crippen LogP contribution in [0.4, 0.5) is 5.69 Å². The van der Waals surface area contributed by atoms with Gasteiger partial charge in [0.05, 0.1) is 24.9 Å². The Bertz CT molecular complexity index is 3060. The third kappa shape index (κ3) is 10.3. The van der Waals surface area contributed by atoms with Gasteiger partial charge in [0.1, 0.15) is 29.2 Å². The minimum Gasteiger partial charge on any atom is -0.508 e. The van der Waals surface area contributed by atoms with Gasteiger partial charge in [-0.2, -0.15) is 0 Å². The highest BCUT2D eigenvalue weighted by molar-refractivity contribution is 6.00. The quantitative estimate of drug-likeness (QED) is 0.0642. The number of benzene rings is 3. The number of nitrogens with zero attached hydrogens (tertiary/aromatic N) is 2. The van der Waals surface area contributed by atoms with Gasteiger partial charge in [0.15, 0.2) is 11.5 Å². The van der Waals surface area contributed by atoms with Crippen LogP contribution in [0, 0.1) is 17.3 Å². The van der Waals surface area contributed by atoms with E-state index in [1.54, 1.807) is 12.1 Å². The monoisotopic (exact) mass is 1000 g/mol. The Morgan fingerprint density at radius 3 is 2.53 bits per heavy atom. The van der Waals surface area contributed by atoms with E-state index in [9.17, 15) is 34.8 Å². The Kier molecular flexibility index (Phi) is 14.7.